The van der Waals surface area contributed by atoms with Crippen LogP contribution in [0.25, 0.3) is 0 Å². The van der Waals surface area contributed by atoms with Crippen molar-refractivity contribution in [2.75, 3.05) is 13.2 Å². The Kier molecular flexibility index (Phi) is 7.52. The van der Waals surface area contributed by atoms with Crippen LogP contribution in [0.4, 0.5) is 0 Å². The second-order valence-corrected chi connectivity index (χ2v) is 6.28. The third-order valence-corrected chi connectivity index (χ3v) is 3.74. The number of rotatable bonds is 7. The molecule has 1 fully saturated rings. The van der Waals surface area contributed by atoms with Crippen molar-refractivity contribution in [3.8, 4) is 0 Å². The Bertz CT molecular complexity index is 285. The van der Waals surface area contributed by atoms with E-state index in [4.69, 9.17) is 9.47 Å². The summed E-state index contributed by atoms with van der Waals surface area (Å²) in [5.41, 5.74) is -0.753. The second kappa shape index (κ2) is 8.63. The largest absolute Gasteiger partial charge is 0.465 e. The predicted molar refractivity (Wildman–Crippen MR) is 80.8 cm³/mol. The van der Waals surface area contributed by atoms with Gasteiger partial charge in [-0.3, -0.25) is 5.32 Å². The molecule has 1 aliphatic rings. The maximum Gasteiger partial charge on any atom is 0.328 e. The number of hydrogen-bond acceptors (Lipinski definition) is 4. The summed E-state index contributed by atoms with van der Waals surface area (Å²) in [5.74, 6) is -0.220. The average molecular weight is 285 g/mol. The van der Waals surface area contributed by atoms with Crippen LogP contribution in [-0.2, 0) is 14.3 Å². The Balaban J connectivity index is 2.56. The Morgan fingerprint density at radius 3 is 2.35 bits per heavy atom. The standard InChI is InChI=1S/C16H31NO3/c1-5-19-15(18)16(4,17-13(2)3)12-20-14-10-8-6-7-9-11-14/h13-14,17H,5-12H2,1-4H3. The fourth-order valence-electron chi connectivity index (χ4n) is 2.78. The smallest absolute Gasteiger partial charge is 0.328 e. The van der Waals surface area contributed by atoms with Gasteiger partial charge in [0.2, 0.25) is 0 Å². The van der Waals surface area contributed by atoms with Crippen molar-refractivity contribution in [3.63, 3.8) is 0 Å². The SMILES string of the molecule is CCOC(=O)C(C)(COC1CCCCCC1)NC(C)C. The first-order valence-electron chi connectivity index (χ1n) is 8.04. The van der Waals surface area contributed by atoms with Crippen molar-refractivity contribution in [3.05, 3.63) is 0 Å². The van der Waals surface area contributed by atoms with Gasteiger partial charge >= 0.3 is 5.97 Å². The van der Waals surface area contributed by atoms with E-state index >= 15 is 0 Å². The molecule has 0 bridgehead atoms. The molecular weight excluding hydrogens is 254 g/mol. The van der Waals surface area contributed by atoms with Gasteiger partial charge in [0.1, 0.15) is 5.54 Å². The van der Waals surface area contributed by atoms with E-state index in [1.807, 2.05) is 27.7 Å². The van der Waals surface area contributed by atoms with Gasteiger partial charge in [-0.15, -0.1) is 0 Å². The lowest BCUT2D eigenvalue weighted by atomic mass is 10.0. The molecule has 0 radical (unpaired) electrons. The number of carbonyl (C=O) groups excluding carboxylic acids is 1. The van der Waals surface area contributed by atoms with E-state index in [9.17, 15) is 4.79 Å². The lowest BCUT2D eigenvalue weighted by Crippen LogP contribution is -2.56. The van der Waals surface area contributed by atoms with Gasteiger partial charge in [-0.1, -0.05) is 25.7 Å². The van der Waals surface area contributed by atoms with Crippen molar-refractivity contribution >= 4 is 5.97 Å². The molecule has 1 saturated carbocycles. The van der Waals surface area contributed by atoms with Crippen LogP contribution < -0.4 is 5.32 Å². The van der Waals surface area contributed by atoms with Crippen LogP contribution >= 0.6 is 0 Å². The molecule has 0 heterocycles. The van der Waals surface area contributed by atoms with Crippen molar-refractivity contribution in [2.24, 2.45) is 0 Å². The lowest BCUT2D eigenvalue weighted by Gasteiger charge is -2.32. The normalized spacial score (nSPS) is 20.4. The van der Waals surface area contributed by atoms with Crippen molar-refractivity contribution in [1.82, 2.24) is 5.32 Å². The summed E-state index contributed by atoms with van der Waals surface area (Å²) >= 11 is 0. The molecule has 20 heavy (non-hydrogen) atoms. The summed E-state index contributed by atoms with van der Waals surface area (Å²) in [6, 6.07) is 0.210. The molecule has 1 rings (SSSR count). The zero-order valence-electron chi connectivity index (χ0n) is 13.5. The highest BCUT2D eigenvalue weighted by Crippen LogP contribution is 2.21. The Hall–Kier alpha value is -0.610. The van der Waals surface area contributed by atoms with Crippen molar-refractivity contribution < 1.29 is 14.3 Å². The Labute approximate surface area is 123 Å². The van der Waals surface area contributed by atoms with Gasteiger partial charge in [-0.2, -0.15) is 0 Å². The van der Waals surface area contributed by atoms with E-state index in [0.717, 1.165) is 12.8 Å². The first-order chi connectivity index (χ1) is 9.48. The third kappa shape index (κ3) is 5.80. The molecule has 0 aromatic carbocycles. The van der Waals surface area contributed by atoms with Crippen molar-refractivity contribution in [2.45, 2.75) is 83.9 Å². The number of hydrogen-bond donors (Lipinski definition) is 1. The molecule has 0 spiro atoms. The van der Waals surface area contributed by atoms with Gasteiger partial charge in [-0.05, 0) is 40.5 Å². The molecule has 0 aromatic heterocycles. The van der Waals surface area contributed by atoms with Crippen molar-refractivity contribution in [1.29, 1.82) is 0 Å². The molecule has 118 valence electrons. The van der Waals surface area contributed by atoms with Gasteiger partial charge in [0.05, 0.1) is 19.3 Å². The fourth-order valence-corrected chi connectivity index (χ4v) is 2.78. The van der Waals surface area contributed by atoms with Crippen LogP contribution in [0, 0.1) is 0 Å². The van der Waals surface area contributed by atoms with Gasteiger partial charge in [0, 0.05) is 6.04 Å². The highest BCUT2D eigenvalue weighted by molar-refractivity contribution is 5.80. The summed E-state index contributed by atoms with van der Waals surface area (Å²) in [6.07, 6.45) is 7.59. The van der Waals surface area contributed by atoms with Gasteiger partial charge in [-0.25, -0.2) is 4.79 Å². The van der Waals surface area contributed by atoms with E-state index in [1.165, 1.54) is 25.7 Å². The van der Waals surface area contributed by atoms with E-state index in [1.54, 1.807) is 0 Å². The van der Waals surface area contributed by atoms with E-state index in [-0.39, 0.29) is 12.0 Å². The zero-order chi connectivity index (χ0) is 15.0. The first kappa shape index (κ1) is 17.4. The summed E-state index contributed by atoms with van der Waals surface area (Å²) in [6.45, 7) is 8.56. The van der Waals surface area contributed by atoms with Crippen LogP contribution in [-0.4, -0.2) is 36.9 Å². The van der Waals surface area contributed by atoms with E-state index in [0.29, 0.717) is 19.3 Å². The summed E-state index contributed by atoms with van der Waals surface area (Å²) < 4.78 is 11.2. The van der Waals surface area contributed by atoms with E-state index < -0.39 is 5.54 Å². The molecule has 0 aromatic rings. The highest BCUT2D eigenvalue weighted by Gasteiger charge is 2.36. The molecule has 0 saturated heterocycles. The average Bonchev–Trinajstić information content (AvgIpc) is 2.64. The molecule has 1 unspecified atom stereocenters. The number of carbonyl (C=O) groups is 1. The number of nitrogens with one attached hydrogen (secondary N) is 1. The second-order valence-electron chi connectivity index (χ2n) is 6.28. The third-order valence-electron chi connectivity index (χ3n) is 3.74. The molecular formula is C16H31NO3. The van der Waals surface area contributed by atoms with Gasteiger partial charge < -0.3 is 9.47 Å². The fraction of sp³-hybridized carbons (Fsp3) is 0.938. The Morgan fingerprint density at radius 2 is 1.85 bits per heavy atom. The maximum absolute atomic E-state index is 12.2. The van der Waals surface area contributed by atoms with Crippen LogP contribution in [0.1, 0.15) is 66.2 Å². The van der Waals surface area contributed by atoms with Gasteiger partial charge in [0.15, 0.2) is 0 Å². The first-order valence-corrected chi connectivity index (χ1v) is 8.04. The topological polar surface area (TPSA) is 47.6 Å². The molecule has 1 aliphatic carbocycles. The highest BCUT2D eigenvalue weighted by atomic mass is 16.5. The molecule has 4 heteroatoms. The maximum atomic E-state index is 12.2. The summed E-state index contributed by atoms with van der Waals surface area (Å²) in [4.78, 5) is 12.2. The van der Waals surface area contributed by atoms with Crippen LogP contribution in [0.5, 0.6) is 0 Å². The summed E-state index contributed by atoms with van der Waals surface area (Å²) in [5, 5.41) is 3.30. The number of ether oxygens (including phenoxy) is 2. The number of esters is 1. The molecule has 1 N–H and O–H groups in total. The monoisotopic (exact) mass is 285 g/mol. The quantitative estimate of drug-likeness (QED) is 0.577. The predicted octanol–water partition coefficient (Wildman–Crippen LogP) is 3.05. The molecule has 0 amide bonds. The molecule has 0 aliphatic heterocycles. The minimum Gasteiger partial charge on any atom is -0.465 e. The van der Waals surface area contributed by atoms with Crippen LogP contribution in [0.15, 0.2) is 0 Å². The van der Waals surface area contributed by atoms with Crippen LogP contribution in [0.3, 0.4) is 0 Å². The van der Waals surface area contributed by atoms with E-state index in [2.05, 4.69) is 5.32 Å². The molecule has 4 nitrogen and oxygen atoms in total. The zero-order valence-corrected chi connectivity index (χ0v) is 13.5. The summed E-state index contributed by atoms with van der Waals surface area (Å²) in [7, 11) is 0. The minimum atomic E-state index is -0.753. The van der Waals surface area contributed by atoms with Crippen LogP contribution in [0.2, 0.25) is 0 Å². The molecule has 1 atom stereocenters. The Morgan fingerprint density at radius 1 is 1.25 bits per heavy atom. The van der Waals surface area contributed by atoms with Gasteiger partial charge in [0.25, 0.3) is 0 Å². The lowest BCUT2D eigenvalue weighted by molar-refractivity contribution is -0.154. The minimum absolute atomic E-state index is 0.210.